The van der Waals surface area contributed by atoms with Crippen molar-refractivity contribution in [2.24, 2.45) is 11.8 Å². The average molecular weight is 560 g/mol. The third-order valence-corrected chi connectivity index (χ3v) is 8.84. The summed E-state index contributed by atoms with van der Waals surface area (Å²) in [6.45, 7) is 8.83. The SMILES string of the molecule is COc1cc(-c2ccc(C3CCc4ccc([C@H](C5CC5)[C@@H](C)C(=O)[O-])cc4O3)cc2CN(C)C(C)(C)C)c(F)cn1. The van der Waals surface area contributed by atoms with Gasteiger partial charge >= 0.3 is 0 Å². The molecule has 0 bridgehead atoms. The number of carbonyl (C=O) groups excluding carboxylic acids is 1. The lowest BCUT2D eigenvalue weighted by atomic mass is 9.82. The molecule has 3 atom stereocenters. The van der Waals surface area contributed by atoms with Gasteiger partial charge in [-0.15, -0.1) is 0 Å². The topological polar surface area (TPSA) is 74.7 Å². The van der Waals surface area contributed by atoms with Gasteiger partial charge in [-0.25, -0.2) is 9.37 Å². The number of pyridine rings is 1. The molecule has 2 aromatic carbocycles. The summed E-state index contributed by atoms with van der Waals surface area (Å²) in [6.07, 6.45) is 4.81. The number of aliphatic carboxylic acids is 1. The Morgan fingerprint density at radius 3 is 2.56 bits per heavy atom. The molecule has 2 aliphatic rings. The van der Waals surface area contributed by atoms with Crippen molar-refractivity contribution < 1.29 is 23.8 Å². The molecule has 41 heavy (non-hydrogen) atoms. The summed E-state index contributed by atoms with van der Waals surface area (Å²) in [5, 5.41) is 11.7. The van der Waals surface area contributed by atoms with Crippen LogP contribution in [-0.4, -0.2) is 35.5 Å². The van der Waals surface area contributed by atoms with Crippen LogP contribution in [0.3, 0.4) is 0 Å². The molecular weight excluding hydrogens is 519 g/mol. The molecule has 0 N–H and O–H groups in total. The third-order valence-electron chi connectivity index (χ3n) is 8.84. The van der Waals surface area contributed by atoms with E-state index >= 15 is 4.39 Å². The molecule has 2 heterocycles. The minimum absolute atomic E-state index is 0.0691. The predicted molar refractivity (Wildman–Crippen MR) is 155 cm³/mol. The van der Waals surface area contributed by atoms with Gasteiger partial charge in [0.25, 0.3) is 0 Å². The first-order valence-corrected chi connectivity index (χ1v) is 14.5. The maximum absolute atomic E-state index is 15.0. The number of hydrogen-bond donors (Lipinski definition) is 0. The molecule has 1 saturated carbocycles. The van der Waals surface area contributed by atoms with Gasteiger partial charge in [-0.2, -0.15) is 0 Å². The number of methoxy groups -OCH3 is 1. The first-order chi connectivity index (χ1) is 19.5. The summed E-state index contributed by atoms with van der Waals surface area (Å²) in [6, 6.07) is 14.0. The van der Waals surface area contributed by atoms with Gasteiger partial charge in [0.1, 0.15) is 17.7 Å². The van der Waals surface area contributed by atoms with E-state index in [0.717, 1.165) is 59.3 Å². The predicted octanol–water partition coefficient (Wildman–Crippen LogP) is 6.07. The fourth-order valence-corrected chi connectivity index (χ4v) is 5.84. The second-order valence-electron chi connectivity index (χ2n) is 12.6. The van der Waals surface area contributed by atoms with Crippen molar-refractivity contribution in [1.29, 1.82) is 0 Å². The maximum Gasteiger partial charge on any atom is 0.213 e. The summed E-state index contributed by atoms with van der Waals surface area (Å²) in [5.41, 5.74) is 5.33. The van der Waals surface area contributed by atoms with Gasteiger partial charge in [0.2, 0.25) is 5.88 Å². The number of carboxylic acids is 1. The van der Waals surface area contributed by atoms with E-state index < -0.39 is 17.7 Å². The van der Waals surface area contributed by atoms with Gasteiger partial charge < -0.3 is 19.4 Å². The zero-order valence-electron chi connectivity index (χ0n) is 24.9. The van der Waals surface area contributed by atoms with E-state index in [-0.39, 0.29) is 17.6 Å². The number of halogens is 1. The lowest BCUT2D eigenvalue weighted by molar-refractivity contribution is -0.311. The largest absolute Gasteiger partial charge is 0.550 e. The highest BCUT2D eigenvalue weighted by Gasteiger charge is 2.37. The van der Waals surface area contributed by atoms with Gasteiger partial charge in [-0.1, -0.05) is 37.3 Å². The quantitative estimate of drug-likeness (QED) is 0.317. The fourth-order valence-electron chi connectivity index (χ4n) is 5.84. The second kappa shape index (κ2) is 11.4. The number of aromatic nitrogens is 1. The van der Waals surface area contributed by atoms with E-state index in [1.807, 2.05) is 18.2 Å². The van der Waals surface area contributed by atoms with Crippen LogP contribution in [0.2, 0.25) is 0 Å². The summed E-state index contributed by atoms with van der Waals surface area (Å²) in [5.74, 6) is -0.470. The molecule has 1 aromatic heterocycles. The second-order valence-corrected chi connectivity index (χ2v) is 12.6. The van der Waals surface area contributed by atoms with Crippen molar-refractivity contribution >= 4 is 5.97 Å². The molecule has 1 unspecified atom stereocenters. The Bertz CT molecular complexity index is 1430. The van der Waals surface area contributed by atoms with Crippen LogP contribution in [0.5, 0.6) is 11.6 Å². The van der Waals surface area contributed by atoms with Gasteiger partial charge in [0.05, 0.1) is 13.3 Å². The van der Waals surface area contributed by atoms with E-state index in [1.165, 1.54) is 13.3 Å². The Hall–Kier alpha value is -3.45. The zero-order valence-corrected chi connectivity index (χ0v) is 24.9. The molecule has 7 heteroatoms. The van der Waals surface area contributed by atoms with Crippen LogP contribution in [0.25, 0.3) is 11.1 Å². The number of carbonyl (C=O) groups is 1. The molecule has 5 rings (SSSR count). The van der Waals surface area contributed by atoms with Gasteiger partial charge in [0, 0.05) is 35.6 Å². The molecule has 218 valence electrons. The average Bonchev–Trinajstić information content (AvgIpc) is 3.78. The lowest BCUT2D eigenvalue weighted by Gasteiger charge is -2.33. The highest BCUT2D eigenvalue weighted by atomic mass is 19.1. The molecule has 1 aliphatic carbocycles. The van der Waals surface area contributed by atoms with Crippen molar-refractivity contribution in [1.82, 2.24) is 9.88 Å². The molecule has 1 aliphatic heterocycles. The van der Waals surface area contributed by atoms with Crippen molar-refractivity contribution in [3.8, 4) is 22.8 Å². The standard InChI is InChI=1S/C34H41FN2O4/c1-20(33(38)39)32(22-8-9-22)24-10-7-21-12-14-29(41-30(21)16-24)23-11-13-26(25(15-23)19-37(5)34(2,3)4)27-17-31(40-6)36-18-28(27)35/h7,10-11,13,15-18,20,22,29,32H,8-9,12,14,19H2,1-6H3,(H,38,39)/p-1/t20-,29?,32+/m1/s1. The summed E-state index contributed by atoms with van der Waals surface area (Å²) < 4.78 is 26.9. The first-order valence-electron chi connectivity index (χ1n) is 14.5. The molecule has 1 fully saturated rings. The molecule has 0 amide bonds. The zero-order chi connectivity index (χ0) is 29.5. The summed E-state index contributed by atoms with van der Waals surface area (Å²) >= 11 is 0. The van der Waals surface area contributed by atoms with Crippen LogP contribution >= 0.6 is 0 Å². The monoisotopic (exact) mass is 559 g/mol. The number of aryl methyl sites for hydroxylation is 1. The maximum atomic E-state index is 15.0. The molecule has 6 nitrogen and oxygen atoms in total. The van der Waals surface area contributed by atoms with Crippen molar-refractivity contribution in [3.63, 3.8) is 0 Å². The smallest absolute Gasteiger partial charge is 0.213 e. The Morgan fingerprint density at radius 2 is 1.90 bits per heavy atom. The molecule has 0 saturated heterocycles. The number of nitrogens with zero attached hydrogens (tertiary/aromatic N) is 2. The van der Waals surface area contributed by atoms with E-state index in [4.69, 9.17) is 9.47 Å². The fraction of sp³-hybridized carbons (Fsp3) is 0.471. The van der Waals surface area contributed by atoms with Gasteiger partial charge in [-0.3, -0.25) is 4.90 Å². The van der Waals surface area contributed by atoms with Crippen LogP contribution < -0.4 is 14.6 Å². The van der Waals surface area contributed by atoms with Crippen LogP contribution in [0.15, 0.2) is 48.7 Å². The number of carboxylic acid groups (broad SMARTS) is 1. The highest BCUT2D eigenvalue weighted by Crippen LogP contribution is 2.48. The van der Waals surface area contributed by atoms with Crippen LogP contribution in [0.4, 0.5) is 4.39 Å². The Labute approximate surface area is 242 Å². The van der Waals surface area contributed by atoms with E-state index in [2.05, 4.69) is 55.9 Å². The normalized spacial score (nSPS) is 18.4. The lowest BCUT2D eigenvalue weighted by Crippen LogP contribution is -2.37. The number of rotatable bonds is 9. The van der Waals surface area contributed by atoms with Crippen LogP contribution in [0.1, 0.15) is 81.2 Å². The van der Waals surface area contributed by atoms with Crippen molar-refractivity contribution in [2.45, 2.75) is 77.5 Å². The number of benzene rings is 2. The minimum Gasteiger partial charge on any atom is -0.550 e. The first kappa shape index (κ1) is 29.1. The third kappa shape index (κ3) is 6.25. The van der Waals surface area contributed by atoms with E-state index in [0.29, 0.717) is 23.9 Å². The molecule has 3 aromatic rings. The van der Waals surface area contributed by atoms with Crippen LogP contribution in [-0.2, 0) is 17.8 Å². The van der Waals surface area contributed by atoms with Crippen molar-refractivity contribution in [3.05, 3.63) is 76.7 Å². The van der Waals surface area contributed by atoms with Gasteiger partial charge in [0.15, 0.2) is 0 Å². The molecule has 0 radical (unpaired) electrons. The number of fused-ring (bicyclic) bond motifs is 1. The number of ether oxygens (including phenoxy) is 2. The Morgan fingerprint density at radius 1 is 1.15 bits per heavy atom. The summed E-state index contributed by atoms with van der Waals surface area (Å²) in [7, 11) is 3.59. The van der Waals surface area contributed by atoms with E-state index in [1.54, 1.807) is 13.0 Å². The summed E-state index contributed by atoms with van der Waals surface area (Å²) in [4.78, 5) is 18.0. The Balaban J connectivity index is 1.48. The number of hydrogen-bond acceptors (Lipinski definition) is 6. The molecular formula is C34H40FN2O4-. The van der Waals surface area contributed by atoms with Gasteiger partial charge in [-0.05, 0) is 99.2 Å². The highest BCUT2D eigenvalue weighted by molar-refractivity contribution is 5.70. The Kier molecular flexibility index (Phi) is 8.11. The molecule has 0 spiro atoms. The van der Waals surface area contributed by atoms with Crippen molar-refractivity contribution in [2.75, 3.05) is 14.2 Å². The minimum atomic E-state index is -1.01. The van der Waals surface area contributed by atoms with Crippen LogP contribution in [0, 0.1) is 17.7 Å². The van der Waals surface area contributed by atoms with E-state index in [9.17, 15) is 9.90 Å².